The van der Waals surface area contributed by atoms with E-state index in [1.807, 2.05) is 19.2 Å². The Morgan fingerprint density at radius 2 is 2.29 bits per heavy atom. The summed E-state index contributed by atoms with van der Waals surface area (Å²) in [5, 5.41) is 11.5. The quantitative estimate of drug-likeness (QED) is 0.795. The van der Waals surface area contributed by atoms with E-state index in [4.69, 9.17) is 4.74 Å². The van der Waals surface area contributed by atoms with Gasteiger partial charge in [-0.3, -0.25) is 15.2 Å². The van der Waals surface area contributed by atoms with E-state index in [1.165, 1.54) is 11.3 Å². The molecule has 0 bridgehead atoms. The van der Waals surface area contributed by atoms with Crippen molar-refractivity contribution in [3.8, 4) is 0 Å². The molecule has 2 rings (SSSR count). The highest BCUT2D eigenvalue weighted by atomic mass is 32.1. The monoisotopic (exact) mass is 308 g/mol. The van der Waals surface area contributed by atoms with E-state index in [1.54, 1.807) is 6.07 Å². The fraction of sp³-hybridized carbons (Fsp3) is 0.385. The molecule has 1 amide bonds. The summed E-state index contributed by atoms with van der Waals surface area (Å²) in [5.41, 5.74) is 1.87. The summed E-state index contributed by atoms with van der Waals surface area (Å²) in [6, 6.07) is 1.63. The molecule has 0 saturated heterocycles. The summed E-state index contributed by atoms with van der Waals surface area (Å²) >= 11 is 1.32. The average molecular weight is 308 g/mol. The van der Waals surface area contributed by atoms with Crippen molar-refractivity contribution in [2.75, 3.05) is 11.9 Å². The highest BCUT2D eigenvalue weighted by Crippen LogP contribution is 2.14. The standard InChI is InChI=1S/C13H16N4O3S/c1-3-4-9-5-10(17-16-9)12(19)20-6-11(18)15-13-14-8(2)7-21-13/h5,7H,3-4,6H2,1-2H3,(H,16,17)(H,14,15,18). The number of nitrogens with zero attached hydrogens (tertiary/aromatic N) is 2. The summed E-state index contributed by atoms with van der Waals surface area (Å²) in [5.74, 6) is -1.05. The normalized spacial score (nSPS) is 10.4. The number of aromatic nitrogens is 3. The van der Waals surface area contributed by atoms with Crippen LogP contribution in [0.4, 0.5) is 5.13 Å². The molecule has 8 heteroatoms. The molecule has 0 aliphatic rings. The molecule has 112 valence electrons. The third-order valence-corrected chi connectivity index (χ3v) is 3.43. The lowest BCUT2D eigenvalue weighted by atomic mass is 10.2. The van der Waals surface area contributed by atoms with Crippen molar-refractivity contribution in [3.05, 3.63) is 28.5 Å². The molecule has 0 saturated carbocycles. The largest absolute Gasteiger partial charge is 0.451 e. The van der Waals surface area contributed by atoms with E-state index < -0.39 is 11.9 Å². The Morgan fingerprint density at radius 1 is 1.48 bits per heavy atom. The highest BCUT2D eigenvalue weighted by molar-refractivity contribution is 7.13. The van der Waals surface area contributed by atoms with Gasteiger partial charge < -0.3 is 4.74 Å². The zero-order valence-electron chi connectivity index (χ0n) is 11.8. The van der Waals surface area contributed by atoms with E-state index in [2.05, 4.69) is 20.5 Å². The highest BCUT2D eigenvalue weighted by Gasteiger charge is 2.14. The zero-order chi connectivity index (χ0) is 15.2. The number of anilines is 1. The Bertz CT molecular complexity index is 635. The summed E-state index contributed by atoms with van der Waals surface area (Å²) in [7, 11) is 0. The molecule has 0 atom stereocenters. The van der Waals surface area contributed by atoms with Crippen molar-refractivity contribution < 1.29 is 14.3 Å². The Morgan fingerprint density at radius 3 is 2.95 bits per heavy atom. The number of H-pyrrole nitrogens is 1. The first-order valence-corrected chi connectivity index (χ1v) is 7.40. The van der Waals surface area contributed by atoms with Crippen LogP contribution in [0, 0.1) is 6.92 Å². The van der Waals surface area contributed by atoms with Crippen LogP contribution < -0.4 is 5.32 Å². The summed E-state index contributed by atoms with van der Waals surface area (Å²) in [6.45, 7) is 3.49. The van der Waals surface area contributed by atoms with Crippen LogP contribution in [0.3, 0.4) is 0 Å². The summed E-state index contributed by atoms with van der Waals surface area (Å²) < 4.78 is 4.90. The number of amides is 1. The van der Waals surface area contributed by atoms with Crippen LogP contribution in [0.15, 0.2) is 11.4 Å². The van der Waals surface area contributed by atoms with Gasteiger partial charge in [0.1, 0.15) is 0 Å². The van der Waals surface area contributed by atoms with E-state index in [0.29, 0.717) is 5.13 Å². The van der Waals surface area contributed by atoms with Crippen LogP contribution in [0.2, 0.25) is 0 Å². The molecule has 2 N–H and O–H groups in total. The fourth-order valence-electron chi connectivity index (χ4n) is 1.64. The SMILES string of the molecule is CCCc1cc(C(=O)OCC(=O)Nc2nc(C)cs2)n[nH]1. The maximum Gasteiger partial charge on any atom is 0.359 e. The Balaban J connectivity index is 1.81. The molecule has 21 heavy (non-hydrogen) atoms. The van der Waals surface area contributed by atoms with Crippen LogP contribution in [-0.4, -0.2) is 33.7 Å². The van der Waals surface area contributed by atoms with Gasteiger partial charge in [-0.15, -0.1) is 11.3 Å². The van der Waals surface area contributed by atoms with Crippen LogP contribution in [-0.2, 0) is 16.0 Å². The van der Waals surface area contributed by atoms with Crippen molar-refractivity contribution in [1.82, 2.24) is 15.2 Å². The van der Waals surface area contributed by atoms with Gasteiger partial charge in [-0.05, 0) is 19.4 Å². The van der Waals surface area contributed by atoms with Crippen LogP contribution in [0.1, 0.15) is 35.2 Å². The molecule has 2 heterocycles. The van der Waals surface area contributed by atoms with Crippen LogP contribution in [0.5, 0.6) is 0 Å². The number of ether oxygens (including phenoxy) is 1. The molecule has 0 radical (unpaired) electrons. The zero-order valence-corrected chi connectivity index (χ0v) is 12.6. The summed E-state index contributed by atoms with van der Waals surface area (Å²) in [4.78, 5) is 27.4. The van der Waals surface area contributed by atoms with E-state index in [9.17, 15) is 9.59 Å². The number of esters is 1. The van der Waals surface area contributed by atoms with Gasteiger partial charge >= 0.3 is 5.97 Å². The third kappa shape index (κ3) is 4.38. The van der Waals surface area contributed by atoms with Gasteiger partial charge in [-0.1, -0.05) is 13.3 Å². The molecule has 0 aromatic carbocycles. The number of thiazole rings is 1. The first-order valence-electron chi connectivity index (χ1n) is 6.52. The van der Waals surface area contributed by atoms with Crippen molar-refractivity contribution in [1.29, 1.82) is 0 Å². The molecule has 7 nitrogen and oxygen atoms in total. The smallest absolute Gasteiger partial charge is 0.359 e. The predicted octanol–water partition coefficient (Wildman–Crippen LogP) is 1.92. The second kappa shape index (κ2) is 6.98. The van der Waals surface area contributed by atoms with Gasteiger partial charge in [-0.2, -0.15) is 5.10 Å². The molecule has 0 aliphatic heterocycles. The van der Waals surface area contributed by atoms with E-state index >= 15 is 0 Å². The molecule has 0 aliphatic carbocycles. The molecule has 2 aromatic rings. The second-order valence-corrected chi connectivity index (χ2v) is 5.30. The number of hydrogen-bond donors (Lipinski definition) is 2. The number of nitrogens with one attached hydrogen (secondary N) is 2. The van der Waals surface area contributed by atoms with Gasteiger partial charge in [0.05, 0.1) is 5.69 Å². The maximum atomic E-state index is 11.7. The Labute approximate surface area is 125 Å². The van der Waals surface area contributed by atoms with Crippen molar-refractivity contribution in [3.63, 3.8) is 0 Å². The lowest BCUT2D eigenvalue weighted by Crippen LogP contribution is -2.21. The fourth-order valence-corrected chi connectivity index (χ4v) is 2.34. The van der Waals surface area contributed by atoms with Gasteiger partial charge in [0.15, 0.2) is 17.4 Å². The molecule has 0 spiro atoms. The van der Waals surface area contributed by atoms with Crippen LogP contribution >= 0.6 is 11.3 Å². The van der Waals surface area contributed by atoms with Crippen LogP contribution in [0.25, 0.3) is 0 Å². The minimum Gasteiger partial charge on any atom is -0.451 e. The topological polar surface area (TPSA) is 97.0 Å². The molecular weight excluding hydrogens is 292 g/mol. The van der Waals surface area contributed by atoms with Gasteiger partial charge in [0, 0.05) is 11.1 Å². The minimum atomic E-state index is -0.626. The number of carbonyl (C=O) groups excluding carboxylic acids is 2. The Kier molecular flexibility index (Phi) is 5.04. The Hall–Kier alpha value is -2.22. The van der Waals surface area contributed by atoms with Crippen molar-refractivity contribution in [2.45, 2.75) is 26.7 Å². The van der Waals surface area contributed by atoms with Gasteiger partial charge in [0.2, 0.25) is 0 Å². The number of aromatic amines is 1. The lowest BCUT2D eigenvalue weighted by molar-refractivity contribution is -0.119. The third-order valence-electron chi connectivity index (χ3n) is 2.56. The van der Waals surface area contributed by atoms with Crippen molar-refractivity contribution >= 4 is 28.3 Å². The van der Waals surface area contributed by atoms with Gasteiger partial charge in [0.25, 0.3) is 5.91 Å². The lowest BCUT2D eigenvalue weighted by Gasteiger charge is -2.02. The molecule has 0 unspecified atom stereocenters. The minimum absolute atomic E-state index is 0.177. The predicted molar refractivity (Wildman–Crippen MR) is 78.3 cm³/mol. The number of hydrogen-bond acceptors (Lipinski definition) is 6. The first kappa shape index (κ1) is 15.2. The number of rotatable bonds is 6. The van der Waals surface area contributed by atoms with Gasteiger partial charge in [-0.25, -0.2) is 9.78 Å². The van der Waals surface area contributed by atoms with E-state index in [0.717, 1.165) is 24.2 Å². The number of carbonyl (C=O) groups is 2. The average Bonchev–Trinajstić information content (AvgIpc) is 3.06. The molecule has 0 fully saturated rings. The molecular formula is C13H16N4O3S. The van der Waals surface area contributed by atoms with E-state index in [-0.39, 0.29) is 12.3 Å². The maximum absolute atomic E-state index is 11.7. The first-order chi connectivity index (χ1) is 10.1. The second-order valence-electron chi connectivity index (χ2n) is 4.45. The molecule has 2 aromatic heterocycles. The number of aryl methyl sites for hydroxylation is 2. The summed E-state index contributed by atoms with van der Waals surface area (Å²) in [6.07, 6.45) is 1.76. The van der Waals surface area contributed by atoms with Crippen molar-refractivity contribution in [2.24, 2.45) is 0 Å².